The van der Waals surface area contributed by atoms with E-state index in [9.17, 15) is 5.11 Å². The Morgan fingerprint density at radius 1 is 0.964 bits per heavy atom. The van der Waals surface area contributed by atoms with Crippen molar-refractivity contribution in [2.45, 2.75) is 26.0 Å². The highest BCUT2D eigenvalue weighted by Gasteiger charge is 2.19. The minimum atomic E-state index is -0.758. The van der Waals surface area contributed by atoms with Gasteiger partial charge in [0.05, 0.1) is 17.6 Å². The van der Waals surface area contributed by atoms with Gasteiger partial charge in [0.25, 0.3) is 0 Å². The van der Waals surface area contributed by atoms with Crippen molar-refractivity contribution in [3.05, 3.63) is 95.8 Å². The zero-order valence-electron chi connectivity index (χ0n) is 16.0. The van der Waals surface area contributed by atoms with Gasteiger partial charge >= 0.3 is 0 Å². The van der Waals surface area contributed by atoms with Crippen molar-refractivity contribution < 1.29 is 9.84 Å². The van der Waals surface area contributed by atoms with Crippen molar-refractivity contribution in [3.8, 4) is 5.75 Å². The third kappa shape index (κ3) is 3.92. The average Bonchev–Trinajstić information content (AvgIpc) is 3.10. The molecule has 4 aromatic rings. The minimum absolute atomic E-state index is 0.608. The molecule has 142 valence electrons. The molecule has 0 amide bonds. The molecule has 0 radical (unpaired) electrons. The quantitative estimate of drug-likeness (QED) is 0.470. The Labute approximate surface area is 165 Å². The molecule has 0 unspecified atom stereocenters. The van der Waals surface area contributed by atoms with Gasteiger partial charge in [0.15, 0.2) is 0 Å². The first-order valence-electron chi connectivity index (χ1n) is 9.60. The second-order valence-corrected chi connectivity index (χ2v) is 6.94. The molecule has 4 nitrogen and oxygen atoms in total. The van der Waals surface area contributed by atoms with Crippen LogP contribution in [0.4, 0.5) is 0 Å². The van der Waals surface area contributed by atoms with Gasteiger partial charge in [-0.05, 0) is 48.7 Å². The fraction of sp³-hybridized carbons (Fsp3) is 0.208. The summed E-state index contributed by atoms with van der Waals surface area (Å²) in [6, 6.07) is 25.7. The molecule has 4 heteroatoms. The van der Waals surface area contributed by atoms with Crippen LogP contribution in [0.1, 0.15) is 29.5 Å². The molecule has 1 N–H and O–H groups in total. The van der Waals surface area contributed by atoms with Crippen molar-refractivity contribution in [3.63, 3.8) is 0 Å². The number of rotatable bonds is 7. The Bertz CT molecular complexity index is 1060. The standard InChI is InChI=1S/C24H24N2O2/c1-18-9-7-12-20(17-18)28-16-8-15-26-22-14-6-5-13-21(22)25-24(26)23(27)19-10-3-2-4-11-19/h2-7,9-14,17,23,27H,8,15-16H2,1H3/t23-/m0/s1. The van der Waals surface area contributed by atoms with Gasteiger partial charge in [0.1, 0.15) is 17.7 Å². The van der Waals surface area contributed by atoms with E-state index in [4.69, 9.17) is 9.72 Å². The van der Waals surface area contributed by atoms with E-state index < -0.39 is 6.10 Å². The van der Waals surface area contributed by atoms with Gasteiger partial charge in [-0.1, -0.05) is 54.6 Å². The van der Waals surface area contributed by atoms with Crippen LogP contribution >= 0.6 is 0 Å². The summed E-state index contributed by atoms with van der Waals surface area (Å²) in [5.41, 5.74) is 3.96. The van der Waals surface area contributed by atoms with Crippen molar-refractivity contribution in [2.24, 2.45) is 0 Å². The zero-order valence-corrected chi connectivity index (χ0v) is 16.0. The van der Waals surface area contributed by atoms with Crippen LogP contribution in [-0.2, 0) is 6.54 Å². The van der Waals surface area contributed by atoms with Crippen molar-refractivity contribution in [2.75, 3.05) is 6.61 Å². The van der Waals surface area contributed by atoms with Gasteiger partial charge in [-0.15, -0.1) is 0 Å². The molecule has 0 bridgehead atoms. The van der Waals surface area contributed by atoms with Crippen molar-refractivity contribution >= 4 is 11.0 Å². The van der Waals surface area contributed by atoms with Gasteiger partial charge < -0.3 is 14.4 Å². The van der Waals surface area contributed by atoms with Gasteiger partial charge in [0, 0.05) is 6.54 Å². The van der Waals surface area contributed by atoms with Crippen LogP contribution in [-0.4, -0.2) is 21.3 Å². The summed E-state index contributed by atoms with van der Waals surface area (Å²) < 4.78 is 7.99. The second-order valence-electron chi connectivity index (χ2n) is 6.94. The molecule has 0 aliphatic heterocycles. The largest absolute Gasteiger partial charge is 0.494 e. The molecule has 1 atom stereocenters. The lowest BCUT2D eigenvalue weighted by Gasteiger charge is -2.15. The third-order valence-electron chi connectivity index (χ3n) is 4.83. The highest BCUT2D eigenvalue weighted by atomic mass is 16.5. The van der Waals surface area contributed by atoms with Crippen molar-refractivity contribution in [1.29, 1.82) is 0 Å². The summed E-state index contributed by atoms with van der Waals surface area (Å²) in [7, 11) is 0. The summed E-state index contributed by atoms with van der Waals surface area (Å²) in [5.74, 6) is 1.56. The first kappa shape index (κ1) is 18.3. The predicted octanol–water partition coefficient (Wildman–Crippen LogP) is 4.90. The number of hydrogen-bond acceptors (Lipinski definition) is 3. The van der Waals surface area contributed by atoms with E-state index in [1.165, 1.54) is 5.56 Å². The van der Waals surface area contributed by atoms with Crippen LogP contribution in [0, 0.1) is 6.92 Å². The predicted molar refractivity (Wildman–Crippen MR) is 112 cm³/mol. The number of nitrogens with zero attached hydrogens (tertiary/aromatic N) is 2. The molecule has 4 rings (SSSR count). The molecular weight excluding hydrogens is 348 g/mol. The van der Waals surface area contributed by atoms with E-state index in [1.807, 2.05) is 72.8 Å². The van der Waals surface area contributed by atoms with E-state index in [-0.39, 0.29) is 0 Å². The Hall–Kier alpha value is -3.11. The van der Waals surface area contributed by atoms with E-state index in [1.54, 1.807) is 0 Å². The number of benzene rings is 3. The Balaban J connectivity index is 1.53. The summed E-state index contributed by atoms with van der Waals surface area (Å²) >= 11 is 0. The molecule has 1 heterocycles. The van der Waals surface area contributed by atoms with Crippen LogP contribution < -0.4 is 4.74 Å². The number of aromatic nitrogens is 2. The number of aliphatic hydroxyl groups is 1. The van der Waals surface area contributed by atoms with E-state index in [0.29, 0.717) is 12.4 Å². The first-order valence-corrected chi connectivity index (χ1v) is 9.60. The van der Waals surface area contributed by atoms with Gasteiger partial charge in [-0.25, -0.2) is 4.98 Å². The minimum Gasteiger partial charge on any atom is -0.494 e. The SMILES string of the molecule is Cc1cccc(OCCCn2c([C@@H](O)c3ccccc3)nc3ccccc32)c1. The number of ether oxygens (including phenoxy) is 1. The fourth-order valence-corrected chi connectivity index (χ4v) is 3.44. The summed E-state index contributed by atoms with van der Waals surface area (Å²) in [6.45, 7) is 3.39. The highest BCUT2D eigenvalue weighted by molar-refractivity contribution is 5.76. The summed E-state index contributed by atoms with van der Waals surface area (Å²) in [4.78, 5) is 4.71. The number of fused-ring (bicyclic) bond motifs is 1. The number of aliphatic hydroxyl groups excluding tert-OH is 1. The van der Waals surface area contributed by atoms with Gasteiger partial charge in [-0.3, -0.25) is 0 Å². The zero-order chi connectivity index (χ0) is 19.3. The molecule has 0 aliphatic carbocycles. The molecule has 0 spiro atoms. The normalized spacial score (nSPS) is 12.2. The number of para-hydroxylation sites is 2. The monoisotopic (exact) mass is 372 g/mol. The summed E-state index contributed by atoms with van der Waals surface area (Å²) in [5, 5.41) is 10.9. The van der Waals surface area contributed by atoms with E-state index in [0.717, 1.165) is 35.3 Å². The molecule has 28 heavy (non-hydrogen) atoms. The van der Waals surface area contributed by atoms with Crippen LogP contribution in [0.25, 0.3) is 11.0 Å². The first-order chi connectivity index (χ1) is 13.7. The lowest BCUT2D eigenvalue weighted by molar-refractivity contribution is 0.203. The lowest BCUT2D eigenvalue weighted by atomic mass is 10.1. The Morgan fingerprint density at radius 2 is 1.75 bits per heavy atom. The fourth-order valence-electron chi connectivity index (χ4n) is 3.44. The topological polar surface area (TPSA) is 47.3 Å². The smallest absolute Gasteiger partial charge is 0.143 e. The van der Waals surface area contributed by atoms with Crippen LogP contribution in [0.15, 0.2) is 78.9 Å². The maximum Gasteiger partial charge on any atom is 0.143 e. The molecule has 1 aromatic heterocycles. The second kappa shape index (κ2) is 8.28. The van der Waals surface area contributed by atoms with Crippen LogP contribution in [0.3, 0.4) is 0 Å². The van der Waals surface area contributed by atoms with Crippen LogP contribution in [0.5, 0.6) is 5.75 Å². The lowest BCUT2D eigenvalue weighted by Crippen LogP contribution is -2.12. The Kier molecular flexibility index (Phi) is 5.40. The summed E-state index contributed by atoms with van der Waals surface area (Å²) in [6.07, 6.45) is 0.0642. The van der Waals surface area contributed by atoms with E-state index >= 15 is 0 Å². The van der Waals surface area contributed by atoms with Gasteiger partial charge in [-0.2, -0.15) is 0 Å². The maximum atomic E-state index is 10.9. The Morgan fingerprint density at radius 3 is 2.57 bits per heavy atom. The maximum absolute atomic E-state index is 10.9. The molecule has 0 saturated heterocycles. The molecule has 3 aromatic carbocycles. The molecule has 0 saturated carbocycles. The highest BCUT2D eigenvalue weighted by Crippen LogP contribution is 2.26. The average molecular weight is 372 g/mol. The molecule has 0 fully saturated rings. The third-order valence-corrected chi connectivity index (χ3v) is 4.83. The van der Waals surface area contributed by atoms with E-state index in [2.05, 4.69) is 17.6 Å². The van der Waals surface area contributed by atoms with Crippen LogP contribution in [0.2, 0.25) is 0 Å². The number of aryl methyl sites for hydroxylation is 2. The van der Waals surface area contributed by atoms with Gasteiger partial charge in [0.2, 0.25) is 0 Å². The number of imidazole rings is 1. The van der Waals surface area contributed by atoms with Crippen molar-refractivity contribution in [1.82, 2.24) is 9.55 Å². The number of hydrogen-bond donors (Lipinski definition) is 1. The molecule has 0 aliphatic rings. The molecular formula is C24H24N2O2.